The number of rotatable bonds is 8. The summed E-state index contributed by atoms with van der Waals surface area (Å²) in [6, 6.07) is 11.5. The molecule has 0 bridgehead atoms. The lowest BCUT2D eigenvalue weighted by Crippen LogP contribution is -2.16. The van der Waals surface area contributed by atoms with E-state index >= 15 is 0 Å². The number of benzene rings is 2. The van der Waals surface area contributed by atoms with Crippen LogP contribution in [0.3, 0.4) is 0 Å². The topological polar surface area (TPSA) is 148 Å². The van der Waals surface area contributed by atoms with Crippen LogP contribution in [-0.4, -0.2) is 26.0 Å². The lowest BCUT2D eigenvalue weighted by Gasteiger charge is -2.15. The van der Waals surface area contributed by atoms with Gasteiger partial charge in [-0.2, -0.15) is 0 Å². The highest BCUT2D eigenvalue weighted by molar-refractivity contribution is 5.69. The third-order valence-electron chi connectivity index (χ3n) is 6.64. The van der Waals surface area contributed by atoms with E-state index in [1.165, 1.54) is 36.4 Å². The van der Waals surface area contributed by atoms with Gasteiger partial charge in [-0.05, 0) is 74.2 Å². The summed E-state index contributed by atoms with van der Waals surface area (Å²) in [4.78, 5) is 43.4. The van der Waals surface area contributed by atoms with Crippen LogP contribution in [-0.2, 0) is 12.8 Å². The molecule has 4 rings (SSSR count). The zero-order chi connectivity index (χ0) is 29.0. The molecule has 0 spiro atoms. The minimum Gasteiger partial charge on any atom is -0.394 e. The number of hydrogen-bond donors (Lipinski definition) is 0. The van der Waals surface area contributed by atoms with Gasteiger partial charge in [0, 0.05) is 72.0 Å². The van der Waals surface area contributed by atoms with Crippen molar-refractivity contribution in [2.45, 2.75) is 40.5 Å². The fourth-order valence-electron chi connectivity index (χ4n) is 4.40. The van der Waals surface area contributed by atoms with Gasteiger partial charge in [-0.25, -0.2) is 4.79 Å². The molecule has 0 atom stereocenters. The number of ether oxygens (including phenoxy) is 2. The molecule has 11 heteroatoms. The lowest BCUT2D eigenvalue weighted by molar-refractivity contribution is -0.385. The van der Waals surface area contributed by atoms with Crippen LogP contribution in [0.5, 0.6) is 11.5 Å². The Morgan fingerprint density at radius 3 is 1.45 bits per heavy atom. The third-order valence-corrected chi connectivity index (χ3v) is 6.64. The Hall–Kier alpha value is -5.19. The number of hydrogen-bond acceptors (Lipinski definition) is 9. The molecule has 2 heterocycles. The Bertz CT molecular complexity index is 1480. The number of nitro benzene ring substituents is 2. The van der Waals surface area contributed by atoms with E-state index in [9.17, 15) is 25.0 Å². The van der Waals surface area contributed by atoms with E-state index in [0.29, 0.717) is 11.1 Å². The quantitative estimate of drug-likeness (QED) is 0.108. The average Bonchev–Trinajstić information content (AvgIpc) is 2.90. The second-order valence-electron chi connectivity index (χ2n) is 9.29. The van der Waals surface area contributed by atoms with Crippen LogP contribution in [0.25, 0.3) is 0 Å². The van der Waals surface area contributed by atoms with E-state index in [2.05, 4.69) is 9.97 Å². The first-order chi connectivity index (χ1) is 19.0. The maximum atomic E-state index is 13.0. The van der Waals surface area contributed by atoms with Crippen LogP contribution in [0.4, 0.5) is 16.2 Å². The molecule has 204 valence electrons. The first kappa shape index (κ1) is 27.8. The molecule has 0 aliphatic heterocycles. The second kappa shape index (κ2) is 11.7. The number of aryl methyl sites for hydroxylation is 4. The van der Waals surface area contributed by atoms with E-state index in [-0.39, 0.29) is 35.7 Å². The molecule has 0 saturated heterocycles. The second-order valence-corrected chi connectivity index (χ2v) is 9.29. The summed E-state index contributed by atoms with van der Waals surface area (Å²) in [5, 5.41) is 22.9. The van der Waals surface area contributed by atoms with Gasteiger partial charge in [-0.15, -0.1) is 0 Å². The summed E-state index contributed by atoms with van der Waals surface area (Å²) < 4.78 is 11.0. The Labute approximate surface area is 229 Å². The summed E-state index contributed by atoms with van der Waals surface area (Å²) in [7, 11) is 0. The summed E-state index contributed by atoms with van der Waals surface area (Å²) in [6.07, 6.45) is 2.72. The molecule has 0 fully saturated rings. The molecule has 0 saturated carbocycles. The van der Waals surface area contributed by atoms with Crippen molar-refractivity contribution in [1.29, 1.82) is 0 Å². The molecule has 11 nitrogen and oxygen atoms in total. The van der Waals surface area contributed by atoms with E-state index in [0.717, 1.165) is 33.6 Å². The van der Waals surface area contributed by atoms with Crippen molar-refractivity contribution in [3.05, 3.63) is 126 Å². The van der Waals surface area contributed by atoms with Gasteiger partial charge < -0.3 is 9.47 Å². The molecule has 0 N–H and O–H groups in total. The highest BCUT2D eigenvalue weighted by Crippen LogP contribution is 2.31. The average molecular weight is 543 g/mol. The first-order valence-corrected chi connectivity index (χ1v) is 12.3. The third kappa shape index (κ3) is 6.26. The van der Waals surface area contributed by atoms with E-state index in [4.69, 9.17) is 9.47 Å². The zero-order valence-electron chi connectivity index (χ0n) is 22.3. The molecule has 40 heavy (non-hydrogen) atoms. The summed E-state index contributed by atoms with van der Waals surface area (Å²) in [5.74, 6) is 0.168. The van der Waals surface area contributed by atoms with Crippen LogP contribution < -0.4 is 9.47 Å². The van der Waals surface area contributed by atoms with E-state index in [1.807, 2.05) is 39.8 Å². The van der Waals surface area contributed by atoms with Crippen molar-refractivity contribution >= 4 is 17.5 Å². The molecular weight excluding hydrogens is 516 g/mol. The molecule has 2 aromatic heterocycles. The van der Waals surface area contributed by atoms with Crippen molar-refractivity contribution in [1.82, 2.24) is 9.97 Å². The van der Waals surface area contributed by atoms with Crippen molar-refractivity contribution in [2.75, 3.05) is 0 Å². The van der Waals surface area contributed by atoms with Crippen LogP contribution >= 0.6 is 0 Å². The first-order valence-electron chi connectivity index (χ1n) is 12.3. The molecule has 0 amide bonds. The van der Waals surface area contributed by atoms with Gasteiger partial charge in [0.15, 0.2) is 0 Å². The number of carbonyl (C=O) groups is 1. The van der Waals surface area contributed by atoms with Crippen molar-refractivity contribution in [3.63, 3.8) is 0 Å². The summed E-state index contributed by atoms with van der Waals surface area (Å²) in [5.41, 5.74) is 5.54. The standard InChI is InChI=1S/C29H26N4O7/c1-17-9-11-30-19(3)25(17)15-21-13-23(32(35)36)5-7-27(21)39-29(34)40-28-8-6-24(33(37)38)14-22(28)16-26-18(2)10-12-31-20(26)4/h5-14H,15-16H2,1-4H3. The van der Waals surface area contributed by atoms with Crippen molar-refractivity contribution in [3.8, 4) is 11.5 Å². The number of nitro groups is 2. The SMILES string of the molecule is Cc1ccnc(C)c1Cc1cc([N+](=O)[O-])ccc1OC(=O)Oc1ccc([N+](=O)[O-])cc1Cc1c(C)ccnc1C. The van der Waals surface area contributed by atoms with Gasteiger partial charge in [0.25, 0.3) is 11.4 Å². The van der Waals surface area contributed by atoms with Gasteiger partial charge in [-0.1, -0.05) is 0 Å². The number of non-ortho nitro benzene ring substituents is 2. The number of aromatic nitrogens is 2. The van der Waals surface area contributed by atoms with Gasteiger partial charge in [0.2, 0.25) is 0 Å². The molecule has 0 aliphatic carbocycles. The predicted molar refractivity (Wildman–Crippen MR) is 146 cm³/mol. The highest BCUT2D eigenvalue weighted by atomic mass is 16.7. The van der Waals surface area contributed by atoms with Crippen molar-refractivity contribution < 1.29 is 24.1 Å². The largest absolute Gasteiger partial charge is 0.519 e. The Kier molecular flexibility index (Phi) is 8.13. The van der Waals surface area contributed by atoms with Crippen LogP contribution in [0.2, 0.25) is 0 Å². The zero-order valence-corrected chi connectivity index (χ0v) is 22.3. The fraction of sp³-hybridized carbons (Fsp3) is 0.207. The van der Waals surface area contributed by atoms with Crippen LogP contribution in [0.1, 0.15) is 44.8 Å². The van der Waals surface area contributed by atoms with Crippen LogP contribution in [0, 0.1) is 47.9 Å². The lowest BCUT2D eigenvalue weighted by atomic mass is 9.98. The Morgan fingerprint density at radius 2 is 1.10 bits per heavy atom. The molecule has 0 unspecified atom stereocenters. The van der Waals surface area contributed by atoms with Gasteiger partial charge in [-0.3, -0.25) is 30.2 Å². The molecule has 0 radical (unpaired) electrons. The monoisotopic (exact) mass is 542 g/mol. The smallest absolute Gasteiger partial charge is 0.394 e. The van der Waals surface area contributed by atoms with E-state index in [1.54, 1.807) is 12.4 Å². The summed E-state index contributed by atoms with van der Waals surface area (Å²) in [6.45, 7) is 7.46. The van der Waals surface area contributed by atoms with Crippen molar-refractivity contribution in [2.24, 2.45) is 0 Å². The Morgan fingerprint density at radius 1 is 0.700 bits per heavy atom. The maximum absolute atomic E-state index is 13.0. The number of nitrogens with zero attached hydrogens (tertiary/aromatic N) is 4. The Balaban J connectivity index is 1.65. The predicted octanol–water partition coefficient (Wildman–Crippen LogP) is 6.29. The van der Waals surface area contributed by atoms with Crippen LogP contribution in [0.15, 0.2) is 60.9 Å². The molecular formula is C29H26N4O7. The van der Waals surface area contributed by atoms with Gasteiger partial charge in [0.1, 0.15) is 11.5 Å². The minimum atomic E-state index is -1.09. The fourth-order valence-corrected chi connectivity index (χ4v) is 4.40. The molecule has 4 aromatic rings. The summed E-state index contributed by atoms with van der Waals surface area (Å²) >= 11 is 0. The van der Waals surface area contributed by atoms with Gasteiger partial charge in [0.05, 0.1) is 9.85 Å². The number of carbonyl (C=O) groups excluding carboxylic acids is 1. The highest BCUT2D eigenvalue weighted by Gasteiger charge is 2.21. The normalized spacial score (nSPS) is 10.7. The maximum Gasteiger partial charge on any atom is 0.519 e. The van der Waals surface area contributed by atoms with E-state index < -0.39 is 16.0 Å². The molecule has 0 aliphatic rings. The van der Waals surface area contributed by atoms with Gasteiger partial charge >= 0.3 is 6.16 Å². The minimum absolute atomic E-state index is 0.0839. The molecule has 2 aromatic carbocycles. The number of pyridine rings is 2.